The van der Waals surface area contributed by atoms with Crippen molar-refractivity contribution in [2.45, 2.75) is 19.4 Å². The van der Waals surface area contributed by atoms with E-state index in [1.807, 2.05) is 4.98 Å². The van der Waals surface area contributed by atoms with E-state index in [1.54, 1.807) is 4.90 Å². The SMILES string of the molecule is Cl.Cl.N=C1CCCN1Cc1[nH]c(=O)[nH]c(=O)c1Cl. The predicted molar refractivity (Wildman–Crippen MR) is 74.6 cm³/mol. The lowest BCUT2D eigenvalue weighted by Gasteiger charge is -2.17. The third kappa shape index (κ3) is 3.51. The summed E-state index contributed by atoms with van der Waals surface area (Å²) >= 11 is 5.78. The van der Waals surface area contributed by atoms with Crippen molar-refractivity contribution in [2.24, 2.45) is 0 Å². The zero-order valence-electron chi connectivity index (χ0n) is 9.29. The van der Waals surface area contributed by atoms with E-state index in [-0.39, 0.29) is 29.8 Å². The van der Waals surface area contributed by atoms with E-state index in [1.165, 1.54) is 0 Å². The lowest BCUT2D eigenvalue weighted by atomic mass is 10.3. The number of nitrogens with zero attached hydrogens (tertiary/aromatic N) is 1. The molecule has 0 atom stereocenters. The van der Waals surface area contributed by atoms with E-state index in [0.717, 1.165) is 19.4 Å². The van der Waals surface area contributed by atoms with Crippen molar-refractivity contribution in [3.8, 4) is 0 Å². The quantitative estimate of drug-likeness (QED) is 0.764. The third-order valence-corrected chi connectivity index (χ3v) is 2.93. The first-order valence-electron chi connectivity index (χ1n) is 4.91. The van der Waals surface area contributed by atoms with Crippen molar-refractivity contribution in [3.63, 3.8) is 0 Å². The van der Waals surface area contributed by atoms with Crippen molar-refractivity contribution < 1.29 is 0 Å². The summed E-state index contributed by atoms with van der Waals surface area (Å²) in [4.78, 5) is 28.6. The highest BCUT2D eigenvalue weighted by Crippen LogP contribution is 2.15. The van der Waals surface area contributed by atoms with Gasteiger partial charge in [-0.1, -0.05) is 11.6 Å². The lowest BCUT2D eigenvalue weighted by molar-refractivity contribution is 0.438. The molecule has 1 aliphatic rings. The zero-order chi connectivity index (χ0) is 11.7. The summed E-state index contributed by atoms with van der Waals surface area (Å²) < 4.78 is 0. The number of halogens is 3. The Morgan fingerprint density at radius 2 is 1.94 bits per heavy atom. The van der Waals surface area contributed by atoms with E-state index in [4.69, 9.17) is 17.0 Å². The Morgan fingerprint density at radius 3 is 2.50 bits per heavy atom. The minimum absolute atomic E-state index is 0. The van der Waals surface area contributed by atoms with Crippen LogP contribution < -0.4 is 11.2 Å². The summed E-state index contributed by atoms with van der Waals surface area (Å²) in [6.07, 6.45) is 1.65. The molecule has 0 aliphatic carbocycles. The maximum Gasteiger partial charge on any atom is 0.326 e. The van der Waals surface area contributed by atoms with Crippen LogP contribution in [0.2, 0.25) is 5.02 Å². The van der Waals surface area contributed by atoms with Crippen LogP contribution in [0.5, 0.6) is 0 Å². The molecule has 3 N–H and O–H groups in total. The van der Waals surface area contributed by atoms with Gasteiger partial charge in [-0.05, 0) is 6.42 Å². The van der Waals surface area contributed by atoms with Gasteiger partial charge in [-0.25, -0.2) is 4.79 Å². The van der Waals surface area contributed by atoms with E-state index >= 15 is 0 Å². The minimum Gasteiger partial charge on any atom is -0.355 e. The van der Waals surface area contributed by atoms with Crippen LogP contribution in [-0.4, -0.2) is 27.2 Å². The summed E-state index contributed by atoms with van der Waals surface area (Å²) in [6.45, 7) is 1.06. The molecule has 0 unspecified atom stereocenters. The molecular weight excluding hydrogens is 302 g/mol. The Bertz CT molecular complexity index is 539. The fourth-order valence-corrected chi connectivity index (χ4v) is 1.88. The molecule has 0 bridgehead atoms. The molecule has 1 saturated heterocycles. The molecule has 18 heavy (non-hydrogen) atoms. The second kappa shape index (κ2) is 6.82. The second-order valence-corrected chi connectivity index (χ2v) is 4.05. The normalized spacial score (nSPS) is 14.1. The molecule has 0 radical (unpaired) electrons. The van der Waals surface area contributed by atoms with Crippen molar-refractivity contribution in [1.82, 2.24) is 14.9 Å². The molecule has 0 spiro atoms. The molecule has 2 heterocycles. The van der Waals surface area contributed by atoms with Crippen molar-refractivity contribution in [2.75, 3.05) is 6.54 Å². The molecule has 0 aromatic carbocycles. The Labute approximate surface area is 120 Å². The Hall–Kier alpha value is -0.980. The standard InChI is InChI=1S/C9H11ClN4O2.2ClH/c10-7-5(12-9(16)13-8(7)15)4-14-3-1-2-6(14)11;;/h11H,1-4H2,(H2,12,13,15,16);2*1H. The number of nitrogens with one attached hydrogen (secondary N) is 3. The lowest BCUT2D eigenvalue weighted by Crippen LogP contribution is -2.30. The van der Waals surface area contributed by atoms with Gasteiger partial charge in [0, 0.05) is 13.0 Å². The summed E-state index contributed by atoms with van der Waals surface area (Å²) in [6, 6.07) is 0. The fraction of sp³-hybridized carbons (Fsp3) is 0.444. The van der Waals surface area contributed by atoms with Gasteiger partial charge in [-0.2, -0.15) is 0 Å². The molecule has 0 amide bonds. The highest BCUT2D eigenvalue weighted by atomic mass is 35.5. The van der Waals surface area contributed by atoms with Crippen LogP contribution in [0, 0.1) is 5.41 Å². The largest absolute Gasteiger partial charge is 0.355 e. The topological polar surface area (TPSA) is 92.8 Å². The summed E-state index contributed by atoms with van der Waals surface area (Å²) in [5.41, 5.74) is -0.802. The second-order valence-electron chi connectivity index (χ2n) is 3.67. The van der Waals surface area contributed by atoms with Crippen LogP contribution in [0.4, 0.5) is 0 Å². The van der Waals surface area contributed by atoms with Gasteiger partial charge in [-0.3, -0.25) is 15.2 Å². The maximum absolute atomic E-state index is 11.2. The van der Waals surface area contributed by atoms with E-state index < -0.39 is 11.2 Å². The number of hydrogen-bond acceptors (Lipinski definition) is 3. The number of amidine groups is 1. The molecule has 1 aromatic heterocycles. The third-order valence-electron chi connectivity index (χ3n) is 2.53. The highest BCUT2D eigenvalue weighted by Gasteiger charge is 2.19. The van der Waals surface area contributed by atoms with Crippen LogP contribution in [0.25, 0.3) is 0 Å². The van der Waals surface area contributed by atoms with Crippen molar-refractivity contribution in [1.29, 1.82) is 5.41 Å². The van der Waals surface area contributed by atoms with E-state index in [0.29, 0.717) is 18.1 Å². The van der Waals surface area contributed by atoms with E-state index in [9.17, 15) is 9.59 Å². The van der Waals surface area contributed by atoms with Gasteiger partial charge in [-0.15, -0.1) is 24.8 Å². The molecular formula is C9H13Cl3N4O2. The van der Waals surface area contributed by atoms with Gasteiger partial charge in [0.05, 0.1) is 18.1 Å². The summed E-state index contributed by atoms with van der Waals surface area (Å²) in [5.74, 6) is 0.511. The molecule has 9 heteroatoms. The van der Waals surface area contributed by atoms with Crippen LogP contribution in [0.1, 0.15) is 18.5 Å². The van der Waals surface area contributed by atoms with Crippen molar-refractivity contribution in [3.05, 3.63) is 31.6 Å². The maximum atomic E-state index is 11.2. The Morgan fingerprint density at radius 1 is 1.28 bits per heavy atom. The first kappa shape index (κ1) is 17.0. The molecule has 1 aliphatic heterocycles. The summed E-state index contributed by atoms with van der Waals surface area (Å²) in [7, 11) is 0. The fourth-order valence-electron chi connectivity index (χ4n) is 1.72. The van der Waals surface area contributed by atoms with Crippen LogP contribution >= 0.6 is 36.4 Å². The number of aromatic nitrogens is 2. The minimum atomic E-state index is -0.592. The van der Waals surface area contributed by atoms with Gasteiger partial charge in [0.1, 0.15) is 5.02 Å². The van der Waals surface area contributed by atoms with Crippen LogP contribution in [0.15, 0.2) is 9.59 Å². The number of aromatic amines is 2. The smallest absolute Gasteiger partial charge is 0.326 e. The highest BCUT2D eigenvalue weighted by molar-refractivity contribution is 6.31. The average Bonchev–Trinajstić information content (AvgIpc) is 2.60. The first-order valence-corrected chi connectivity index (χ1v) is 5.29. The summed E-state index contributed by atoms with van der Waals surface area (Å²) in [5, 5.41) is 7.62. The average molecular weight is 316 g/mol. The Kier molecular flexibility index (Phi) is 6.45. The number of likely N-dealkylation sites (tertiary alicyclic amines) is 1. The number of hydrogen-bond donors (Lipinski definition) is 3. The van der Waals surface area contributed by atoms with Crippen molar-refractivity contribution >= 4 is 42.3 Å². The van der Waals surface area contributed by atoms with Gasteiger partial charge in [0.15, 0.2) is 0 Å². The molecule has 1 fully saturated rings. The first-order chi connectivity index (χ1) is 7.58. The van der Waals surface area contributed by atoms with Gasteiger partial charge in [0.2, 0.25) is 0 Å². The monoisotopic (exact) mass is 314 g/mol. The van der Waals surface area contributed by atoms with Crippen LogP contribution in [-0.2, 0) is 6.54 Å². The van der Waals surface area contributed by atoms with Gasteiger partial charge < -0.3 is 9.88 Å². The molecule has 6 nitrogen and oxygen atoms in total. The molecule has 1 aromatic rings. The molecule has 0 saturated carbocycles. The molecule has 102 valence electrons. The van der Waals surface area contributed by atoms with Gasteiger partial charge >= 0.3 is 5.69 Å². The number of H-pyrrole nitrogens is 2. The predicted octanol–water partition coefficient (Wildman–Crippen LogP) is 1.13. The zero-order valence-corrected chi connectivity index (χ0v) is 11.7. The van der Waals surface area contributed by atoms with Crippen LogP contribution in [0.3, 0.4) is 0 Å². The number of rotatable bonds is 2. The molecule has 2 rings (SSSR count). The van der Waals surface area contributed by atoms with E-state index in [2.05, 4.69) is 4.98 Å². The van der Waals surface area contributed by atoms with Gasteiger partial charge in [0.25, 0.3) is 5.56 Å². The Balaban J connectivity index is 0.00000144.